The zero-order chi connectivity index (χ0) is 13.0. The third kappa shape index (κ3) is 3.44. The first-order valence-electron chi connectivity index (χ1n) is 5.61. The summed E-state index contributed by atoms with van der Waals surface area (Å²) in [6, 6.07) is 1.86. The van der Waals surface area contributed by atoms with Crippen LogP contribution in [0.15, 0.2) is 6.07 Å². The molecule has 0 bridgehead atoms. The molecule has 0 atom stereocenters. The summed E-state index contributed by atoms with van der Waals surface area (Å²) >= 11 is 1.45. The van der Waals surface area contributed by atoms with Gasteiger partial charge in [-0.15, -0.1) is 11.3 Å². The molecule has 96 valence electrons. The lowest BCUT2D eigenvalue weighted by molar-refractivity contribution is 0.0944. The van der Waals surface area contributed by atoms with Crippen molar-refractivity contribution in [3.05, 3.63) is 10.9 Å². The van der Waals surface area contributed by atoms with E-state index in [9.17, 15) is 4.79 Å². The van der Waals surface area contributed by atoms with Gasteiger partial charge >= 0.3 is 0 Å². The number of thiophene rings is 1. The van der Waals surface area contributed by atoms with Crippen LogP contribution in [-0.2, 0) is 4.74 Å². The maximum absolute atomic E-state index is 11.9. The number of methoxy groups -OCH3 is 1. The molecule has 5 heteroatoms. The number of Topliss-reactive ketones (excluding diaryl/α,β-unsaturated/α-hetero) is 1. The van der Waals surface area contributed by atoms with E-state index < -0.39 is 0 Å². The molecule has 0 aliphatic heterocycles. The van der Waals surface area contributed by atoms with E-state index in [1.807, 2.05) is 31.9 Å². The fraction of sp³-hybridized carbons (Fsp3) is 0.583. The molecule has 0 aliphatic rings. The third-order valence-electron chi connectivity index (χ3n) is 2.50. The number of nitrogen functional groups attached to an aromatic ring is 1. The maximum Gasteiger partial charge on any atom is 0.177 e. The van der Waals surface area contributed by atoms with Crippen molar-refractivity contribution in [3.63, 3.8) is 0 Å². The highest BCUT2D eigenvalue weighted by Gasteiger charge is 2.18. The molecule has 1 aromatic heterocycles. The second kappa shape index (κ2) is 6.02. The van der Waals surface area contributed by atoms with Crippen LogP contribution in [0.1, 0.15) is 23.5 Å². The maximum atomic E-state index is 11.9. The number of ether oxygens (including phenoxy) is 1. The van der Waals surface area contributed by atoms with Crippen molar-refractivity contribution in [1.29, 1.82) is 0 Å². The van der Waals surface area contributed by atoms with E-state index in [2.05, 4.69) is 0 Å². The van der Waals surface area contributed by atoms with Crippen LogP contribution in [0.2, 0.25) is 0 Å². The molecule has 0 saturated heterocycles. The summed E-state index contributed by atoms with van der Waals surface area (Å²) in [7, 11) is 3.64. The summed E-state index contributed by atoms with van der Waals surface area (Å²) in [5.41, 5.74) is 6.46. The molecular weight excluding hydrogens is 236 g/mol. The summed E-state index contributed by atoms with van der Waals surface area (Å²) in [6.45, 7) is 5.21. The van der Waals surface area contributed by atoms with Gasteiger partial charge in [-0.3, -0.25) is 4.79 Å². The van der Waals surface area contributed by atoms with Gasteiger partial charge in [-0.25, -0.2) is 0 Å². The van der Waals surface area contributed by atoms with Crippen LogP contribution in [0.25, 0.3) is 0 Å². The number of hydrogen-bond acceptors (Lipinski definition) is 5. The van der Waals surface area contributed by atoms with E-state index in [0.29, 0.717) is 17.2 Å². The van der Waals surface area contributed by atoms with Gasteiger partial charge in [0.2, 0.25) is 0 Å². The van der Waals surface area contributed by atoms with Crippen LogP contribution in [0, 0.1) is 5.92 Å². The van der Waals surface area contributed by atoms with Crippen molar-refractivity contribution in [3.8, 4) is 0 Å². The minimum atomic E-state index is -0.0203. The number of carbonyl (C=O) groups is 1. The fourth-order valence-electron chi connectivity index (χ4n) is 1.37. The van der Waals surface area contributed by atoms with Gasteiger partial charge in [0, 0.05) is 26.6 Å². The van der Waals surface area contributed by atoms with Gasteiger partial charge < -0.3 is 15.4 Å². The minimum Gasteiger partial charge on any atom is -0.397 e. The summed E-state index contributed by atoms with van der Waals surface area (Å²) in [6.07, 6.45) is 0. The number of anilines is 2. The van der Waals surface area contributed by atoms with Gasteiger partial charge in [-0.2, -0.15) is 0 Å². The van der Waals surface area contributed by atoms with E-state index in [1.54, 1.807) is 7.11 Å². The summed E-state index contributed by atoms with van der Waals surface area (Å²) in [4.78, 5) is 14.6. The molecule has 0 amide bonds. The normalized spacial score (nSPS) is 10.9. The Hall–Kier alpha value is -1.07. The zero-order valence-corrected chi connectivity index (χ0v) is 11.6. The van der Waals surface area contributed by atoms with Crippen molar-refractivity contribution in [2.24, 2.45) is 5.92 Å². The Morgan fingerprint density at radius 3 is 2.76 bits per heavy atom. The predicted molar refractivity (Wildman–Crippen MR) is 73.0 cm³/mol. The SMILES string of the molecule is COCCN(C)c1cc(N)c(C(=O)C(C)C)s1. The zero-order valence-electron chi connectivity index (χ0n) is 10.8. The van der Waals surface area contributed by atoms with Gasteiger partial charge in [-0.05, 0) is 6.07 Å². The molecule has 0 radical (unpaired) electrons. The molecule has 0 saturated carbocycles. The number of ketones is 1. The van der Waals surface area contributed by atoms with Gasteiger partial charge in [0.25, 0.3) is 0 Å². The van der Waals surface area contributed by atoms with Gasteiger partial charge in [0.1, 0.15) is 0 Å². The second-order valence-corrected chi connectivity index (χ2v) is 5.33. The summed E-state index contributed by atoms with van der Waals surface area (Å²) < 4.78 is 5.02. The number of nitrogens with zero attached hydrogens (tertiary/aromatic N) is 1. The fourth-order valence-corrected chi connectivity index (χ4v) is 2.53. The quantitative estimate of drug-likeness (QED) is 0.793. The van der Waals surface area contributed by atoms with Crippen LogP contribution < -0.4 is 10.6 Å². The van der Waals surface area contributed by atoms with Crippen LogP contribution in [0.3, 0.4) is 0 Å². The molecule has 4 nitrogen and oxygen atoms in total. The summed E-state index contributed by atoms with van der Waals surface area (Å²) in [5.74, 6) is 0.0898. The Kier molecular flexibility index (Phi) is 4.96. The van der Waals surface area contributed by atoms with Gasteiger partial charge in [-0.1, -0.05) is 13.8 Å². The van der Waals surface area contributed by atoms with E-state index in [4.69, 9.17) is 10.5 Å². The average molecular weight is 256 g/mol. The number of likely N-dealkylation sites (N-methyl/N-ethyl adjacent to an activating group) is 1. The van der Waals surface area contributed by atoms with Crippen molar-refractivity contribution in [1.82, 2.24) is 0 Å². The number of hydrogen-bond donors (Lipinski definition) is 1. The van der Waals surface area contributed by atoms with E-state index in [-0.39, 0.29) is 11.7 Å². The van der Waals surface area contributed by atoms with Crippen LogP contribution in [-0.4, -0.2) is 33.1 Å². The first kappa shape index (κ1) is 14.0. The third-order valence-corrected chi connectivity index (χ3v) is 3.78. The molecule has 1 heterocycles. The van der Waals surface area contributed by atoms with Crippen molar-refractivity contribution < 1.29 is 9.53 Å². The monoisotopic (exact) mass is 256 g/mol. The molecule has 1 rings (SSSR count). The van der Waals surface area contributed by atoms with Crippen molar-refractivity contribution in [2.75, 3.05) is 37.9 Å². The Morgan fingerprint density at radius 2 is 2.24 bits per heavy atom. The van der Waals surface area contributed by atoms with Crippen LogP contribution >= 0.6 is 11.3 Å². The van der Waals surface area contributed by atoms with Crippen molar-refractivity contribution in [2.45, 2.75) is 13.8 Å². The van der Waals surface area contributed by atoms with Gasteiger partial charge in [0.15, 0.2) is 5.78 Å². The highest BCUT2D eigenvalue weighted by molar-refractivity contribution is 7.18. The molecule has 0 spiro atoms. The molecule has 0 unspecified atom stereocenters. The second-order valence-electron chi connectivity index (χ2n) is 4.30. The lowest BCUT2D eigenvalue weighted by Gasteiger charge is -2.15. The Bertz CT molecular complexity index is 388. The largest absolute Gasteiger partial charge is 0.397 e. The van der Waals surface area contributed by atoms with Crippen molar-refractivity contribution >= 4 is 27.8 Å². The molecule has 0 aromatic carbocycles. The first-order chi connectivity index (χ1) is 7.97. The molecule has 0 aliphatic carbocycles. The van der Waals surface area contributed by atoms with Crippen LogP contribution in [0.4, 0.5) is 10.7 Å². The highest BCUT2D eigenvalue weighted by atomic mass is 32.1. The standard InChI is InChI=1S/C12H20N2O2S/c1-8(2)11(15)12-9(13)7-10(17-12)14(3)5-6-16-4/h7-8H,5-6,13H2,1-4H3. The van der Waals surface area contributed by atoms with Crippen LogP contribution in [0.5, 0.6) is 0 Å². The first-order valence-corrected chi connectivity index (χ1v) is 6.42. The molecular formula is C12H20N2O2S. The Labute approximate surface area is 106 Å². The number of rotatable bonds is 6. The van der Waals surface area contributed by atoms with E-state index in [0.717, 1.165) is 11.5 Å². The molecule has 17 heavy (non-hydrogen) atoms. The topological polar surface area (TPSA) is 55.6 Å². The lowest BCUT2D eigenvalue weighted by Crippen LogP contribution is -2.20. The Morgan fingerprint density at radius 1 is 1.59 bits per heavy atom. The smallest absolute Gasteiger partial charge is 0.177 e. The minimum absolute atomic E-state index is 0.0203. The molecule has 1 aromatic rings. The van der Waals surface area contributed by atoms with Gasteiger partial charge in [0.05, 0.1) is 22.2 Å². The Balaban J connectivity index is 2.84. The van der Waals surface area contributed by atoms with E-state index in [1.165, 1.54) is 11.3 Å². The number of carbonyl (C=O) groups excluding carboxylic acids is 1. The molecule has 0 fully saturated rings. The molecule has 2 N–H and O–H groups in total. The predicted octanol–water partition coefficient (Wildman–Crippen LogP) is 2.25. The highest BCUT2D eigenvalue weighted by Crippen LogP contribution is 2.33. The lowest BCUT2D eigenvalue weighted by atomic mass is 10.1. The number of nitrogens with two attached hydrogens (primary N) is 1. The average Bonchev–Trinajstić information content (AvgIpc) is 2.67. The summed E-state index contributed by atoms with van der Waals surface area (Å²) in [5, 5.41) is 1.00. The van der Waals surface area contributed by atoms with E-state index >= 15 is 0 Å².